The number of allylic oxidation sites excluding steroid dienone is 6. The molecule has 0 saturated heterocycles. The summed E-state index contributed by atoms with van der Waals surface area (Å²) >= 11 is 0. The molecule has 0 aromatic heterocycles. The molecule has 0 saturated carbocycles. The van der Waals surface area contributed by atoms with Crippen molar-refractivity contribution in [1.29, 1.82) is 0 Å². The summed E-state index contributed by atoms with van der Waals surface area (Å²) in [6.07, 6.45) is 14.9. The van der Waals surface area contributed by atoms with E-state index in [1.807, 2.05) is 20.8 Å². The van der Waals surface area contributed by atoms with Crippen molar-refractivity contribution in [2.45, 2.75) is 166 Å². The first-order chi connectivity index (χ1) is 27.0. The fourth-order valence-corrected chi connectivity index (χ4v) is 4.90. The molecule has 57 heavy (non-hydrogen) atoms. The molecule has 0 aromatic rings. The molecule has 0 heterocycles. The third kappa shape index (κ3) is 40.1. The van der Waals surface area contributed by atoms with Crippen LogP contribution >= 0.6 is 0 Å². The van der Waals surface area contributed by atoms with Crippen molar-refractivity contribution in [3.63, 3.8) is 0 Å². The van der Waals surface area contributed by atoms with Crippen molar-refractivity contribution in [2.24, 2.45) is 16.3 Å². The lowest BCUT2D eigenvalue weighted by Crippen LogP contribution is -2.37. The van der Waals surface area contributed by atoms with Crippen molar-refractivity contribution in [2.75, 3.05) is 47.6 Å². The van der Waals surface area contributed by atoms with Gasteiger partial charge in [-0.05, 0) is 91.0 Å². The summed E-state index contributed by atoms with van der Waals surface area (Å²) < 4.78 is 68.8. The molecule has 338 valence electrons. The number of hydrogen-bond acceptors (Lipinski definition) is 6. The zero-order valence-electron chi connectivity index (χ0n) is 39.0. The number of carbonyl (C=O) groups is 1. The molecule has 0 bridgehead atoms. The van der Waals surface area contributed by atoms with E-state index >= 15 is 0 Å². The highest BCUT2D eigenvalue weighted by Crippen LogP contribution is 2.34. The van der Waals surface area contributed by atoms with Crippen LogP contribution in [0, 0.1) is 11.3 Å². The van der Waals surface area contributed by atoms with Crippen molar-refractivity contribution in [3.8, 4) is 0 Å². The molecule has 1 aliphatic rings. The van der Waals surface area contributed by atoms with Gasteiger partial charge in [-0.15, -0.1) is 0 Å². The first kappa shape index (κ1) is 63.7. The van der Waals surface area contributed by atoms with Gasteiger partial charge in [0.2, 0.25) is 0 Å². The maximum absolute atomic E-state index is 13.7. The molecule has 6 nitrogen and oxygen atoms in total. The number of hydrazine groups is 1. The normalized spacial score (nSPS) is 16.6. The van der Waals surface area contributed by atoms with E-state index in [0.717, 1.165) is 44.7 Å². The van der Waals surface area contributed by atoms with Gasteiger partial charge in [-0.1, -0.05) is 118 Å². The average Bonchev–Trinajstić information content (AvgIpc) is 3.28. The molecular formula is C46H87F5N4O2. The lowest BCUT2D eigenvalue weighted by atomic mass is 9.76. The smallest absolute Gasteiger partial charge is 0.155 e. The minimum atomic E-state index is -2.20. The molecule has 4 unspecified atom stereocenters. The Hall–Kier alpha value is -2.47. The lowest BCUT2D eigenvalue weighted by Gasteiger charge is -2.29. The van der Waals surface area contributed by atoms with E-state index in [-0.39, 0.29) is 11.7 Å². The minimum Gasteiger partial charge on any atom is -0.377 e. The molecule has 0 radical (unpaired) electrons. The standard InChI is InChI=1S/C13H17F4N3.C11H22O.C11H20O.C8H19N.C2H6.CH3F/c1-7(20-18-3)6-19-8(2)12-10(15)4-9(14)5-11(16)13(12)17;1-5-10(11(2,3)4)8-6-7-9-12;1-4-6-9-12-10-7-8-11(3)5-2;1-4-6-7-8-9(3)5-2;2*1-2/h4,6-7,9,11,18,20H,2,5H2,1,3H3;9-10H,5-8H2,1-4H3;5,7-8H,4,6,9-10H2,1-3H3;4-8H2,1-3H3;1-2H3;1H3/b;;8-7-,11-5-;;;. The Morgan fingerprint density at radius 2 is 1.67 bits per heavy atom. The van der Waals surface area contributed by atoms with Crippen molar-refractivity contribution in [3.05, 3.63) is 59.4 Å². The van der Waals surface area contributed by atoms with Gasteiger partial charge in [-0.2, -0.15) is 0 Å². The predicted molar refractivity (Wildman–Crippen MR) is 240 cm³/mol. The van der Waals surface area contributed by atoms with Crippen molar-refractivity contribution >= 4 is 12.5 Å². The Kier molecular flexibility index (Phi) is 49.9. The van der Waals surface area contributed by atoms with Gasteiger partial charge < -0.3 is 14.4 Å². The molecule has 0 aromatic carbocycles. The van der Waals surface area contributed by atoms with Crippen LogP contribution in [0.1, 0.15) is 147 Å². The topological polar surface area (TPSA) is 66.0 Å². The second kappa shape index (κ2) is 44.6. The highest BCUT2D eigenvalue weighted by Gasteiger charge is 2.29. The lowest BCUT2D eigenvalue weighted by molar-refractivity contribution is -0.108. The van der Waals surface area contributed by atoms with Crippen LogP contribution in [0.15, 0.2) is 64.4 Å². The van der Waals surface area contributed by atoms with E-state index in [0.29, 0.717) is 18.7 Å². The van der Waals surface area contributed by atoms with E-state index in [1.165, 1.54) is 63.4 Å². The molecular weight excluding hydrogens is 736 g/mol. The van der Waals surface area contributed by atoms with Crippen LogP contribution < -0.4 is 10.9 Å². The first-order valence-electron chi connectivity index (χ1n) is 21.1. The van der Waals surface area contributed by atoms with E-state index in [9.17, 15) is 26.7 Å². The Labute approximate surface area is 348 Å². The van der Waals surface area contributed by atoms with Gasteiger partial charge in [0.1, 0.15) is 24.1 Å². The number of rotatable bonds is 21. The Bertz CT molecular complexity index is 1090. The van der Waals surface area contributed by atoms with Gasteiger partial charge >= 0.3 is 0 Å². The first-order valence-corrected chi connectivity index (χ1v) is 21.1. The summed E-state index contributed by atoms with van der Waals surface area (Å²) in [5.41, 5.74) is 6.10. The highest BCUT2D eigenvalue weighted by atomic mass is 19.2. The number of halogens is 5. The van der Waals surface area contributed by atoms with E-state index in [1.54, 1.807) is 14.0 Å². The van der Waals surface area contributed by atoms with E-state index in [4.69, 9.17) is 4.74 Å². The minimum absolute atomic E-state index is 0.242. The molecule has 4 atom stereocenters. The summed E-state index contributed by atoms with van der Waals surface area (Å²) in [6, 6.07) is -0.242. The third-order valence-corrected chi connectivity index (χ3v) is 8.59. The van der Waals surface area contributed by atoms with Crippen LogP contribution in [0.25, 0.3) is 0 Å². The van der Waals surface area contributed by atoms with Crippen LogP contribution in [0.5, 0.6) is 0 Å². The molecule has 11 heteroatoms. The van der Waals surface area contributed by atoms with Crippen molar-refractivity contribution in [1.82, 2.24) is 15.8 Å². The average molecular weight is 823 g/mol. The second-order valence-electron chi connectivity index (χ2n) is 14.4. The summed E-state index contributed by atoms with van der Waals surface area (Å²) in [6.45, 7) is 33.0. The van der Waals surface area contributed by atoms with Crippen LogP contribution in [-0.2, 0) is 9.53 Å². The van der Waals surface area contributed by atoms with Gasteiger partial charge in [0.15, 0.2) is 6.17 Å². The van der Waals surface area contributed by atoms with Crippen molar-refractivity contribution < 1.29 is 31.5 Å². The number of carbonyl (C=O) groups excluding carboxylic acids is 1. The fraction of sp³-hybridized carbons (Fsp3) is 0.739. The summed E-state index contributed by atoms with van der Waals surface area (Å²) in [4.78, 5) is 16.3. The summed E-state index contributed by atoms with van der Waals surface area (Å²) in [5, 5.41) is 0. The Balaban J connectivity index is -0.000000214. The monoisotopic (exact) mass is 823 g/mol. The zero-order valence-corrected chi connectivity index (χ0v) is 39.0. The number of unbranched alkanes of at least 4 members (excludes halogenated alkanes) is 4. The van der Waals surface area contributed by atoms with Crippen LogP contribution in [0.4, 0.5) is 22.0 Å². The fourth-order valence-electron chi connectivity index (χ4n) is 4.90. The maximum atomic E-state index is 13.7. The molecule has 1 aliphatic carbocycles. The molecule has 0 fully saturated rings. The van der Waals surface area contributed by atoms with Gasteiger partial charge in [0.05, 0.1) is 31.1 Å². The second-order valence-corrected chi connectivity index (χ2v) is 14.4. The van der Waals surface area contributed by atoms with Crippen LogP contribution in [0.2, 0.25) is 0 Å². The number of aliphatic imine (C=N–C) groups is 1. The quantitative estimate of drug-likeness (QED) is 0.0301. The SMILES string of the molecule is C/C=C(C)\C=C/COCCCC.C=C(N=CC(C)NNC)C1=C(F)C(F)CC(F)C=C1F.CC.CCC(CCCC=O)C(C)(C)C.CCCCCN(C)CC.CF. The third-order valence-electron chi connectivity index (χ3n) is 8.59. The molecule has 0 amide bonds. The number of hydrogen-bond donors (Lipinski definition) is 2. The number of alkyl halides is 3. The number of aldehydes is 1. The van der Waals surface area contributed by atoms with Crippen LogP contribution in [0.3, 0.4) is 0 Å². The Morgan fingerprint density at radius 3 is 2.14 bits per heavy atom. The van der Waals surface area contributed by atoms with Crippen LogP contribution in [-0.4, -0.2) is 83.4 Å². The number of nitrogens with one attached hydrogen (secondary N) is 2. The molecule has 0 aliphatic heterocycles. The molecule has 0 spiro atoms. The summed E-state index contributed by atoms with van der Waals surface area (Å²) in [7, 11) is 4.32. The van der Waals surface area contributed by atoms with Gasteiger partial charge in [0, 0.05) is 25.7 Å². The van der Waals surface area contributed by atoms with Gasteiger partial charge in [0.25, 0.3) is 0 Å². The number of nitrogens with zero attached hydrogens (tertiary/aromatic N) is 2. The van der Waals surface area contributed by atoms with Gasteiger partial charge in [-0.25, -0.2) is 23.0 Å². The molecule has 1 rings (SSSR count). The maximum Gasteiger partial charge on any atom is 0.155 e. The Morgan fingerprint density at radius 1 is 1.07 bits per heavy atom. The predicted octanol–water partition coefficient (Wildman–Crippen LogP) is 13.3. The zero-order chi connectivity index (χ0) is 45.2. The number of ether oxygens (including phenoxy) is 1. The highest BCUT2D eigenvalue weighted by molar-refractivity contribution is 5.66. The largest absolute Gasteiger partial charge is 0.377 e. The van der Waals surface area contributed by atoms with E-state index in [2.05, 4.69) is 108 Å². The van der Waals surface area contributed by atoms with E-state index < -0.39 is 36.0 Å². The summed E-state index contributed by atoms with van der Waals surface area (Å²) in [5.74, 6) is -1.81. The molecule has 2 N–H and O–H groups in total. The van der Waals surface area contributed by atoms with Gasteiger partial charge in [-0.3, -0.25) is 14.8 Å².